The highest BCUT2D eigenvalue weighted by atomic mass is 35.5. The van der Waals surface area contributed by atoms with Gasteiger partial charge in [0.1, 0.15) is 5.02 Å². The molecule has 0 unspecified atom stereocenters. The first-order valence-electron chi connectivity index (χ1n) is 6.61. The van der Waals surface area contributed by atoms with E-state index in [0.29, 0.717) is 21.1 Å². The zero-order valence-electron chi connectivity index (χ0n) is 11.8. The average molecular weight is 372 g/mol. The Morgan fingerprint density at radius 3 is 2.71 bits per heavy atom. The van der Waals surface area contributed by atoms with E-state index in [-0.39, 0.29) is 10.7 Å². The molecule has 0 bridgehead atoms. The van der Waals surface area contributed by atoms with E-state index in [1.165, 1.54) is 35.9 Å². The van der Waals surface area contributed by atoms with Crippen LogP contribution in [-0.4, -0.2) is 4.98 Å². The molecule has 2 aromatic heterocycles. The average Bonchev–Trinajstić information content (AvgIpc) is 2.94. The number of benzene rings is 1. The van der Waals surface area contributed by atoms with E-state index in [1.807, 2.05) is 0 Å². The smallest absolute Gasteiger partial charge is 0.416 e. The van der Waals surface area contributed by atoms with Gasteiger partial charge >= 0.3 is 6.18 Å². The van der Waals surface area contributed by atoms with Gasteiger partial charge in [0.15, 0.2) is 17.5 Å². The molecule has 0 aliphatic carbocycles. The van der Waals surface area contributed by atoms with E-state index in [2.05, 4.69) is 10.3 Å². The summed E-state index contributed by atoms with van der Waals surface area (Å²) in [5, 5.41) is 16.6. The van der Waals surface area contributed by atoms with Crippen LogP contribution < -0.4 is 10.0 Å². The molecule has 0 fully saturated rings. The Balaban J connectivity index is 1.84. The molecule has 0 atom stereocenters. The fourth-order valence-electron chi connectivity index (χ4n) is 2.02. The van der Waals surface area contributed by atoms with Crippen LogP contribution >= 0.6 is 22.9 Å². The van der Waals surface area contributed by atoms with Gasteiger partial charge in [-0.05, 0) is 24.3 Å². The number of aromatic nitrogens is 2. The van der Waals surface area contributed by atoms with Gasteiger partial charge < -0.3 is 10.5 Å². The highest BCUT2D eigenvalue weighted by Crippen LogP contribution is 2.32. The van der Waals surface area contributed by atoms with Crippen LogP contribution in [0.2, 0.25) is 5.02 Å². The number of halogens is 4. The Bertz CT molecular complexity index is 862. The maximum atomic E-state index is 12.7. The highest BCUT2D eigenvalue weighted by Gasteiger charge is 2.30. The molecule has 1 aromatic carbocycles. The molecule has 3 rings (SSSR count). The van der Waals surface area contributed by atoms with E-state index in [4.69, 9.17) is 11.6 Å². The van der Waals surface area contributed by atoms with Crippen molar-refractivity contribution >= 4 is 33.8 Å². The first-order valence-corrected chi connectivity index (χ1v) is 7.86. The number of rotatable bonds is 3. The first kappa shape index (κ1) is 16.5. The quantitative estimate of drug-likeness (QED) is 0.528. The topological polar surface area (TPSA) is 51.9 Å². The van der Waals surface area contributed by atoms with Gasteiger partial charge in [0.05, 0.1) is 16.8 Å². The summed E-state index contributed by atoms with van der Waals surface area (Å²) in [6.45, 7) is 0. The monoisotopic (exact) mass is 371 g/mol. The van der Waals surface area contributed by atoms with E-state index < -0.39 is 11.7 Å². The van der Waals surface area contributed by atoms with Crippen LogP contribution in [0.1, 0.15) is 5.56 Å². The highest BCUT2D eigenvalue weighted by molar-refractivity contribution is 7.14. The molecule has 0 radical (unpaired) electrons. The summed E-state index contributed by atoms with van der Waals surface area (Å²) >= 11 is 7.04. The maximum Gasteiger partial charge on any atom is 0.416 e. The second kappa shape index (κ2) is 6.29. The van der Waals surface area contributed by atoms with Crippen LogP contribution in [0.5, 0.6) is 0 Å². The zero-order valence-corrected chi connectivity index (χ0v) is 13.4. The van der Waals surface area contributed by atoms with Crippen molar-refractivity contribution in [2.45, 2.75) is 6.18 Å². The number of hydrogen-bond acceptors (Lipinski definition) is 4. The lowest BCUT2D eigenvalue weighted by atomic mass is 10.2. The largest absolute Gasteiger partial charge is 0.619 e. The first-order chi connectivity index (χ1) is 11.3. The second-order valence-electron chi connectivity index (χ2n) is 4.84. The summed E-state index contributed by atoms with van der Waals surface area (Å²) in [5.74, 6) is 0. The number of anilines is 2. The predicted octanol–water partition coefficient (Wildman–Crippen LogP) is 4.86. The van der Waals surface area contributed by atoms with Crippen LogP contribution in [0.25, 0.3) is 11.3 Å². The van der Waals surface area contributed by atoms with Crippen molar-refractivity contribution in [3.05, 3.63) is 63.9 Å². The molecule has 0 amide bonds. The van der Waals surface area contributed by atoms with E-state index in [1.54, 1.807) is 11.4 Å². The van der Waals surface area contributed by atoms with Gasteiger partial charge in [0.2, 0.25) is 0 Å². The Labute approximate surface area is 143 Å². The molecule has 4 nitrogen and oxygen atoms in total. The van der Waals surface area contributed by atoms with Crippen LogP contribution in [0.15, 0.2) is 48.1 Å². The number of nitrogens with one attached hydrogen (secondary N) is 1. The van der Waals surface area contributed by atoms with Crippen LogP contribution in [-0.2, 0) is 6.18 Å². The summed E-state index contributed by atoms with van der Waals surface area (Å²) in [6, 6.07) is 6.42. The Morgan fingerprint density at radius 1 is 1.21 bits per heavy atom. The molecule has 3 aromatic rings. The second-order valence-corrected chi connectivity index (χ2v) is 6.14. The molecule has 0 aliphatic rings. The molecular formula is C15H9ClF3N3OS. The molecule has 0 aliphatic heterocycles. The molecule has 0 saturated carbocycles. The number of thiazole rings is 1. The standard InChI is InChI=1S/C15H9ClF3N3OS/c16-11-4-9(6-22(23)7-11)13-8-24-14(21-13)20-12-3-1-2-10(5-12)15(17,18)19/h1-8H,(H,20,21). The Hall–Kier alpha value is -2.32. The summed E-state index contributed by atoms with van der Waals surface area (Å²) in [5.41, 5.74) is 0.551. The predicted molar refractivity (Wildman–Crippen MR) is 86.2 cm³/mol. The van der Waals surface area contributed by atoms with E-state index in [0.717, 1.165) is 12.1 Å². The van der Waals surface area contributed by atoms with Gasteiger partial charge in [0.25, 0.3) is 0 Å². The minimum atomic E-state index is -4.41. The van der Waals surface area contributed by atoms with Crippen LogP contribution in [0.3, 0.4) is 0 Å². The van der Waals surface area contributed by atoms with Gasteiger partial charge in [-0.25, -0.2) is 4.98 Å². The number of nitrogens with zero attached hydrogens (tertiary/aromatic N) is 2. The third-order valence-corrected chi connectivity index (χ3v) is 4.02. The van der Waals surface area contributed by atoms with Gasteiger partial charge in [-0.3, -0.25) is 0 Å². The van der Waals surface area contributed by atoms with Gasteiger partial charge in [-0.15, -0.1) is 11.3 Å². The van der Waals surface area contributed by atoms with Crippen molar-refractivity contribution in [1.29, 1.82) is 0 Å². The molecule has 2 heterocycles. The molecule has 24 heavy (non-hydrogen) atoms. The fourth-order valence-corrected chi connectivity index (χ4v) is 2.97. The summed E-state index contributed by atoms with van der Waals surface area (Å²) in [7, 11) is 0. The summed E-state index contributed by atoms with van der Waals surface area (Å²) in [4.78, 5) is 4.27. The molecule has 9 heteroatoms. The SMILES string of the molecule is [O-][n+]1cc(Cl)cc(-c2csc(Nc3cccc(C(F)(F)F)c3)n2)c1. The Morgan fingerprint density at radius 2 is 2.00 bits per heavy atom. The normalized spacial score (nSPS) is 11.5. The lowest BCUT2D eigenvalue weighted by Crippen LogP contribution is -2.24. The molecule has 0 saturated heterocycles. The minimum absolute atomic E-state index is 0.267. The van der Waals surface area contributed by atoms with Crippen molar-refractivity contribution in [3.63, 3.8) is 0 Å². The van der Waals surface area contributed by atoms with Gasteiger partial charge in [0, 0.05) is 11.1 Å². The molecule has 0 spiro atoms. The van der Waals surface area contributed by atoms with E-state index >= 15 is 0 Å². The van der Waals surface area contributed by atoms with Crippen molar-refractivity contribution < 1.29 is 17.9 Å². The third kappa shape index (κ3) is 3.77. The molecule has 124 valence electrons. The van der Waals surface area contributed by atoms with Crippen LogP contribution in [0.4, 0.5) is 24.0 Å². The maximum absolute atomic E-state index is 12.7. The van der Waals surface area contributed by atoms with Crippen molar-refractivity contribution in [3.8, 4) is 11.3 Å². The summed E-state index contributed by atoms with van der Waals surface area (Å²) < 4.78 is 38.7. The molecular weight excluding hydrogens is 363 g/mol. The van der Waals surface area contributed by atoms with Crippen molar-refractivity contribution in [2.24, 2.45) is 0 Å². The zero-order chi connectivity index (χ0) is 17.3. The number of hydrogen-bond donors (Lipinski definition) is 1. The van der Waals surface area contributed by atoms with Crippen molar-refractivity contribution in [1.82, 2.24) is 4.98 Å². The van der Waals surface area contributed by atoms with Gasteiger partial charge in [-0.1, -0.05) is 17.7 Å². The van der Waals surface area contributed by atoms with E-state index in [9.17, 15) is 18.4 Å². The van der Waals surface area contributed by atoms with Crippen molar-refractivity contribution in [2.75, 3.05) is 5.32 Å². The lowest BCUT2D eigenvalue weighted by molar-refractivity contribution is -0.604. The number of pyridine rings is 1. The summed E-state index contributed by atoms with van der Waals surface area (Å²) in [6.07, 6.45) is -1.89. The van der Waals surface area contributed by atoms with Gasteiger partial charge in [-0.2, -0.15) is 17.9 Å². The lowest BCUT2D eigenvalue weighted by Gasteiger charge is -2.08. The number of alkyl halides is 3. The minimum Gasteiger partial charge on any atom is -0.619 e. The molecule has 1 N–H and O–H groups in total. The Kier molecular flexibility index (Phi) is 4.33. The fraction of sp³-hybridized carbons (Fsp3) is 0.0667. The van der Waals surface area contributed by atoms with Crippen LogP contribution in [0, 0.1) is 5.21 Å². The third-order valence-electron chi connectivity index (χ3n) is 3.05.